The van der Waals surface area contributed by atoms with E-state index in [1.807, 2.05) is 13.0 Å². The van der Waals surface area contributed by atoms with E-state index in [9.17, 15) is 0 Å². The van der Waals surface area contributed by atoms with Crippen molar-refractivity contribution < 1.29 is 9.26 Å². The summed E-state index contributed by atoms with van der Waals surface area (Å²) in [6.45, 7) is 6.72. The fraction of sp³-hybridized carbons (Fsp3) is 0.207. The lowest BCUT2D eigenvalue weighted by Crippen LogP contribution is -2.33. The van der Waals surface area contributed by atoms with E-state index in [0.29, 0.717) is 6.61 Å². The summed E-state index contributed by atoms with van der Waals surface area (Å²) >= 11 is 0. The third-order valence-corrected chi connectivity index (χ3v) is 6.34. The van der Waals surface area contributed by atoms with Gasteiger partial charge in [0, 0.05) is 11.1 Å². The van der Waals surface area contributed by atoms with E-state index in [2.05, 4.69) is 103 Å². The number of hydrogen-bond acceptors (Lipinski definition) is 4. The Morgan fingerprint density at radius 2 is 1.58 bits per heavy atom. The van der Waals surface area contributed by atoms with E-state index in [4.69, 9.17) is 9.26 Å². The van der Waals surface area contributed by atoms with Gasteiger partial charge in [-0.15, -0.1) is 0 Å². The van der Waals surface area contributed by atoms with Crippen LogP contribution in [0.15, 0.2) is 89.5 Å². The fourth-order valence-electron chi connectivity index (χ4n) is 4.32. The molecule has 1 atom stereocenters. The molecule has 166 valence electrons. The van der Waals surface area contributed by atoms with Gasteiger partial charge in [0.2, 0.25) is 0 Å². The highest BCUT2D eigenvalue weighted by Gasteiger charge is 2.31. The monoisotopic (exact) mass is 436 g/mol. The van der Waals surface area contributed by atoms with Crippen molar-refractivity contribution in [1.29, 1.82) is 0 Å². The van der Waals surface area contributed by atoms with Crippen LogP contribution in [0, 0.1) is 13.8 Å². The number of para-hydroxylation sites is 1. The summed E-state index contributed by atoms with van der Waals surface area (Å²) in [7, 11) is 0. The van der Waals surface area contributed by atoms with Crippen molar-refractivity contribution in [3.8, 4) is 11.1 Å². The number of aryl methyl sites for hydroxylation is 1. The summed E-state index contributed by atoms with van der Waals surface area (Å²) in [5.74, 6) is 2.64. The van der Waals surface area contributed by atoms with E-state index < -0.39 is 0 Å². The SMILES string of the molecule is CCC1C=C(OCc2ccc(-c3ccccc3)cc2)c2ccccc2N1c1noc(C)c1C. The van der Waals surface area contributed by atoms with Crippen molar-refractivity contribution in [3.63, 3.8) is 0 Å². The molecule has 4 heteroatoms. The maximum absolute atomic E-state index is 6.38. The van der Waals surface area contributed by atoms with Gasteiger partial charge in [0.25, 0.3) is 0 Å². The van der Waals surface area contributed by atoms with Gasteiger partial charge >= 0.3 is 0 Å². The van der Waals surface area contributed by atoms with Crippen LogP contribution in [0.2, 0.25) is 0 Å². The largest absolute Gasteiger partial charge is 0.488 e. The third-order valence-electron chi connectivity index (χ3n) is 6.34. The molecular weight excluding hydrogens is 408 g/mol. The van der Waals surface area contributed by atoms with E-state index in [-0.39, 0.29) is 6.04 Å². The van der Waals surface area contributed by atoms with Gasteiger partial charge in [-0.1, -0.05) is 78.8 Å². The van der Waals surface area contributed by atoms with Crippen LogP contribution in [0.25, 0.3) is 16.9 Å². The van der Waals surface area contributed by atoms with Crippen LogP contribution >= 0.6 is 0 Å². The van der Waals surface area contributed by atoms with Crippen LogP contribution in [-0.2, 0) is 11.3 Å². The first-order valence-corrected chi connectivity index (χ1v) is 11.5. The summed E-state index contributed by atoms with van der Waals surface area (Å²) < 4.78 is 11.9. The predicted octanol–water partition coefficient (Wildman–Crippen LogP) is 7.45. The smallest absolute Gasteiger partial charge is 0.180 e. The van der Waals surface area contributed by atoms with Crippen LogP contribution in [0.3, 0.4) is 0 Å². The molecular formula is C29H28N2O2. The fourth-order valence-corrected chi connectivity index (χ4v) is 4.32. The highest BCUT2D eigenvalue weighted by molar-refractivity contribution is 5.82. The zero-order chi connectivity index (χ0) is 22.8. The molecule has 0 N–H and O–H groups in total. The highest BCUT2D eigenvalue weighted by Crippen LogP contribution is 2.41. The van der Waals surface area contributed by atoms with Gasteiger partial charge in [0.1, 0.15) is 18.1 Å². The molecule has 4 aromatic rings. The summed E-state index contributed by atoms with van der Waals surface area (Å²) in [4.78, 5) is 2.27. The Labute approximate surface area is 195 Å². The lowest BCUT2D eigenvalue weighted by Gasteiger charge is -2.35. The first-order valence-electron chi connectivity index (χ1n) is 11.5. The molecule has 0 saturated carbocycles. The standard InChI is InChI=1S/C29H28N2O2/c1-4-25-18-28(32-19-22-14-16-24(17-15-22)23-10-6-5-7-11-23)26-12-8-9-13-27(26)31(25)29-20(2)21(3)33-30-29/h5-18,25H,4,19H2,1-3H3. The van der Waals surface area contributed by atoms with Gasteiger partial charge in [-0.2, -0.15) is 0 Å². The van der Waals surface area contributed by atoms with E-state index in [0.717, 1.165) is 46.1 Å². The summed E-state index contributed by atoms with van der Waals surface area (Å²) in [6.07, 6.45) is 3.14. The molecule has 0 aliphatic carbocycles. The Balaban J connectivity index is 1.40. The van der Waals surface area contributed by atoms with Gasteiger partial charge in [0.15, 0.2) is 5.82 Å². The molecule has 4 nitrogen and oxygen atoms in total. The van der Waals surface area contributed by atoms with Crippen molar-refractivity contribution in [2.24, 2.45) is 0 Å². The molecule has 0 amide bonds. The number of benzene rings is 3. The van der Waals surface area contributed by atoms with Crippen LogP contribution in [0.4, 0.5) is 11.5 Å². The molecule has 0 bridgehead atoms. The molecule has 2 heterocycles. The van der Waals surface area contributed by atoms with Crippen molar-refractivity contribution >= 4 is 17.3 Å². The van der Waals surface area contributed by atoms with Crippen LogP contribution in [0.1, 0.15) is 35.8 Å². The van der Waals surface area contributed by atoms with Crippen LogP contribution < -0.4 is 4.90 Å². The van der Waals surface area contributed by atoms with Crippen molar-refractivity contribution in [3.05, 3.63) is 107 Å². The quantitative estimate of drug-likeness (QED) is 0.315. The highest BCUT2D eigenvalue weighted by atomic mass is 16.5. The average molecular weight is 437 g/mol. The van der Waals surface area contributed by atoms with Crippen molar-refractivity contribution in [2.75, 3.05) is 4.90 Å². The van der Waals surface area contributed by atoms with Crippen molar-refractivity contribution in [2.45, 2.75) is 39.8 Å². The minimum absolute atomic E-state index is 0.138. The number of ether oxygens (including phenoxy) is 1. The predicted molar refractivity (Wildman–Crippen MR) is 133 cm³/mol. The molecule has 0 saturated heterocycles. The van der Waals surface area contributed by atoms with E-state index in [1.165, 1.54) is 11.1 Å². The second kappa shape index (κ2) is 8.99. The zero-order valence-electron chi connectivity index (χ0n) is 19.3. The normalized spacial score (nSPS) is 15.2. The lowest BCUT2D eigenvalue weighted by molar-refractivity contribution is 0.262. The van der Waals surface area contributed by atoms with Gasteiger partial charge in [-0.25, -0.2) is 0 Å². The summed E-state index contributed by atoms with van der Waals surface area (Å²) in [5, 5.41) is 4.37. The molecule has 1 aliphatic heterocycles. The van der Waals surface area contributed by atoms with Gasteiger partial charge in [-0.3, -0.25) is 0 Å². The van der Waals surface area contributed by atoms with Crippen LogP contribution in [0.5, 0.6) is 0 Å². The molecule has 0 fully saturated rings. The summed E-state index contributed by atoms with van der Waals surface area (Å²) in [6, 6.07) is 27.5. The second-order valence-electron chi connectivity index (χ2n) is 8.43. The molecule has 1 aromatic heterocycles. The Hall–Kier alpha value is -3.79. The number of fused-ring (bicyclic) bond motifs is 1. The zero-order valence-corrected chi connectivity index (χ0v) is 19.3. The Bertz CT molecular complexity index is 1270. The molecule has 0 spiro atoms. The topological polar surface area (TPSA) is 38.5 Å². The van der Waals surface area contributed by atoms with E-state index in [1.54, 1.807) is 0 Å². The molecule has 1 unspecified atom stereocenters. The van der Waals surface area contributed by atoms with Crippen LogP contribution in [-0.4, -0.2) is 11.2 Å². The number of nitrogens with zero attached hydrogens (tertiary/aromatic N) is 2. The number of hydrogen-bond donors (Lipinski definition) is 0. The molecule has 33 heavy (non-hydrogen) atoms. The lowest BCUT2D eigenvalue weighted by atomic mass is 9.98. The number of rotatable bonds is 6. The second-order valence-corrected chi connectivity index (χ2v) is 8.43. The van der Waals surface area contributed by atoms with Gasteiger partial charge < -0.3 is 14.2 Å². The average Bonchev–Trinajstić information content (AvgIpc) is 3.20. The van der Waals surface area contributed by atoms with Gasteiger partial charge in [0.05, 0.1) is 11.7 Å². The molecule has 0 radical (unpaired) electrons. The Morgan fingerprint density at radius 1 is 0.879 bits per heavy atom. The maximum Gasteiger partial charge on any atom is 0.180 e. The molecule has 1 aliphatic rings. The Morgan fingerprint density at radius 3 is 2.27 bits per heavy atom. The number of aromatic nitrogens is 1. The Kier molecular flexibility index (Phi) is 5.74. The molecule has 3 aromatic carbocycles. The molecule has 5 rings (SSSR count). The first-order chi connectivity index (χ1) is 16.2. The first kappa shape index (κ1) is 21.1. The third kappa shape index (κ3) is 4.05. The minimum Gasteiger partial charge on any atom is -0.488 e. The maximum atomic E-state index is 6.38. The minimum atomic E-state index is 0.138. The number of anilines is 2. The van der Waals surface area contributed by atoms with Gasteiger partial charge in [-0.05, 0) is 55.2 Å². The van der Waals surface area contributed by atoms with E-state index >= 15 is 0 Å². The summed E-state index contributed by atoms with van der Waals surface area (Å²) in [5.41, 5.74) is 6.81. The van der Waals surface area contributed by atoms with Crippen molar-refractivity contribution in [1.82, 2.24) is 5.16 Å².